The molecule has 2 saturated carbocycles. The first-order valence-electron chi connectivity index (χ1n) is 12.1. The van der Waals surface area contributed by atoms with E-state index < -0.39 is 0 Å². The van der Waals surface area contributed by atoms with Crippen LogP contribution in [0.15, 0.2) is 24.5 Å². The molecular weight excluding hydrogens is 430 g/mol. The highest BCUT2D eigenvalue weighted by atomic mass is 16.1. The summed E-state index contributed by atoms with van der Waals surface area (Å²) in [6.07, 6.45) is 9.91. The van der Waals surface area contributed by atoms with Crippen molar-refractivity contribution in [2.24, 2.45) is 5.92 Å². The molecule has 0 aliphatic heterocycles. The van der Waals surface area contributed by atoms with Crippen molar-refractivity contribution in [3.63, 3.8) is 0 Å². The number of hydrogen-bond donors (Lipinski definition) is 3. The minimum atomic E-state index is 0.0229. The molecule has 2 aliphatic carbocycles. The van der Waals surface area contributed by atoms with Crippen LogP contribution in [0.5, 0.6) is 0 Å². The van der Waals surface area contributed by atoms with Gasteiger partial charge in [0.25, 0.3) is 0 Å². The van der Waals surface area contributed by atoms with Crippen molar-refractivity contribution in [3.05, 3.63) is 35.8 Å². The smallest absolute Gasteiger partial charge is 0.207 e. The number of fused-ring (bicyclic) bond motifs is 1. The number of nitrogens with two attached hydrogens (primary N) is 1. The topological polar surface area (TPSA) is 127 Å². The number of nitrogens with zero attached hydrogens (tertiary/aromatic N) is 4. The summed E-state index contributed by atoms with van der Waals surface area (Å²) >= 11 is 0. The molecule has 0 bridgehead atoms. The fourth-order valence-corrected chi connectivity index (χ4v) is 4.82. The van der Waals surface area contributed by atoms with E-state index in [0.717, 1.165) is 48.9 Å². The van der Waals surface area contributed by atoms with Crippen molar-refractivity contribution < 1.29 is 9.59 Å². The molecule has 1 amide bonds. The van der Waals surface area contributed by atoms with Crippen LogP contribution in [0.2, 0.25) is 0 Å². The van der Waals surface area contributed by atoms with Gasteiger partial charge in [-0.25, -0.2) is 9.97 Å². The third-order valence-electron chi connectivity index (χ3n) is 6.51. The molecule has 9 nitrogen and oxygen atoms in total. The zero-order valence-electron chi connectivity index (χ0n) is 20.0. The molecule has 2 aliphatic rings. The van der Waals surface area contributed by atoms with E-state index in [-0.39, 0.29) is 17.8 Å². The summed E-state index contributed by atoms with van der Waals surface area (Å²) in [6.45, 7) is 6.15. The van der Waals surface area contributed by atoms with Gasteiger partial charge in [0.05, 0.1) is 17.5 Å². The Labute approximate surface area is 199 Å². The minimum Gasteiger partial charge on any atom is -0.383 e. The number of nitrogen functional groups attached to an aromatic ring is 1. The van der Waals surface area contributed by atoms with Crippen LogP contribution in [0.4, 0.5) is 11.6 Å². The van der Waals surface area contributed by atoms with E-state index in [0.29, 0.717) is 28.9 Å². The normalized spacial score (nSPS) is 21.9. The lowest BCUT2D eigenvalue weighted by Gasteiger charge is -2.33. The number of hydrogen-bond acceptors (Lipinski definition) is 7. The van der Waals surface area contributed by atoms with Crippen molar-refractivity contribution in [1.82, 2.24) is 24.9 Å². The van der Waals surface area contributed by atoms with Gasteiger partial charge in [-0.05, 0) is 50.2 Å². The molecule has 9 heteroatoms. The van der Waals surface area contributed by atoms with Crippen LogP contribution >= 0.6 is 0 Å². The van der Waals surface area contributed by atoms with Crippen molar-refractivity contribution in [2.75, 3.05) is 11.1 Å². The second-order valence-corrected chi connectivity index (χ2v) is 9.05. The number of amides is 1. The van der Waals surface area contributed by atoms with Gasteiger partial charge in [-0.2, -0.15) is 9.61 Å². The maximum atomic E-state index is 12.0. The summed E-state index contributed by atoms with van der Waals surface area (Å²) in [4.78, 5) is 32.4. The highest BCUT2D eigenvalue weighted by Crippen LogP contribution is 2.38. The van der Waals surface area contributed by atoms with Crippen molar-refractivity contribution in [3.8, 4) is 11.1 Å². The largest absolute Gasteiger partial charge is 0.383 e. The molecule has 2 fully saturated rings. The van der Waals surface area contributed by atoms with Crippen LogP contribution in [0.1, 0.15) is 74.8 Å². The third kappa shape index (κ3) is 4.73. The zero-order valence-corrected chi connectivity index (χ0v) is 20.0. The Bertz CT molecular complexity index is 1150. The number of pyridine rings is 1. The van der Waals surface area contributed by atoms with Crippen molar-refractivity contribution in [1.29, 1.82) is 0 Å². The van der Waals surface area contributed by atoms with Crippen LogP contribution < -0.4 is 16.4 Å². The Morgan fingerprint density at radius 1 is 1.09 bits per heavy atom. The summed E-state index contributed by atoms with van der Waals surface area (Å²) in [6, 6.07) is 4.54. The van der Waals surface area contributed by atoms with E-state index in [1.165, 1.54) is 17.4 Å². The molecule has 4 N–H and O–H groups in total. The summed E-state index contributed by atoms with van der Waals surface area (Å²) in [7, 11) is 0. The van der Waals surface area contributed by atoms with Gasteiger partial charge in [-0.3, -0.25) is 9.59 Å². The molecule has 34 heavy (non-hydrogen) atoms. The minimum absolute atomic E-state index is 0.0229. The molecule has 180 valence electrons. The molecular formula is C25H33N7O2. The zero-order chi connectivity index (χ0) is 24.2. The third-order valence-corrected chi connectivity index (χ3v) is 6.51. The SMILES string of the molecule is CC.CC1CC(NC=O)CC(c2nc3c(-c4ccc(NC5CC5)nc4)cnn3c(N)c2C=O)C1. The summed E-state index contributed by atoms with van der Waals surface area (Å²) in [5, 5.41) is 10.7. The lowest BCUT2D eigenvalue weighted by molar-refractivity contribution is -0.110. The highest BCUT2D eigenvalue weighted by molar-refractivity contribution is 5.87. The Morgan fingerprint density at radius 2 is 1.88 bits per heavy atom. The van der Waals surface area contributed by atoms with Gasteiger partial charge >= 0.3 is 0 Å². The lowest BCUT2D eigenvalue weighted by Crippen LogP contribution is -2.36. The van der Waals surface area contributed by atoms with Gasteiger partial charge in [-0.15, -0.1) is 0 Å². The fraction of sp³-hybridized carbons (Fsp3) is 0.480. The number of aromatic nitrogens is 4. The predicted octanol–water partition coefficient (Wildman–Crippen LogP) is 3.80. The Hall–Kier alpha value is -3.49. The maximum Gasteiger partial charge on any atom is 0.207 e. The molecule has 5 rings (SSSR count). The first kappa shape index (κ1) is 23.7. The van der Waals surface area contributed by atoms with E-state index in [1.807, 2.05) is 26.0 Å². The molecule has 0 radical (unpaired) electrons. The first-order chi connectivity index (χ1) is 16.6. The Morgan fingerprint density at radius 3 is 2.53 bits per heavy atom. The number of anilines is 2. The van der Waals surface area contributed by atoms with Gasteiger partial charge in [0, 0.05) is 35.3 Å². The van der Waals surface area contributed by atoms with Crippen molar-refractivity contribution >= 4 is 30.0 Å². The Balaban J connectivity index is 0.00000133. The van der Waals surface area contributed by atoms with E-state index in [9.17, 15) is 9.59 Å². The number of carbonyl (C=O) groups excluding carboxylic acids is 2. The molecule has 3 atom stereocenters. The van der Waals surface area contributed by atoms with Crippen LogP contribution in [0.25, 0.3) is 16.8 Å². The average Bonchev–Trinajstić information content (AvgIpc) is 3.56. The van der Waals surface area contributed by atoms with Gasteiger partial charge in [0.2, 0.25) is 6.41 Å². The second-order valence-electron chi connectivity index (χ2n) is 9.05. The molecule has 0 aromatic carbocycles. The predicted molar refractivity (Wildman–Crippen MR) is 133 cm³/mol. The van der Waals surface area contributed by atoms with Gasteiger partial charge in [0.15, 0.2) is 11.9 Å². The monoisotopic (exact) mass is 463 g/mol. The van der Waals surface area contributed by atoms with E-state index in [1.54, 1.807) is 12.4 Å². The fourth-order valence-electron chi connectivity index (χ4n) is 4.82. The van der Waals surface area contributed by atoms with Crippen LogP contribution in [0.3, 0.4) is 0 Å². The lowest BCUT2D eigenvalue weighted by atomic mass is 9.77. The van der Waals surface area contributed by atoms with E-state index in [4.69, 9.17) is 10.7 Å². The summed E-state index contributed by atoms with van der Waals surface area (Å²) in [5.74, 6) is 1.55. The van der Waals surface area contributed by atoms with Crippen LogP contribution in [-0.4, -0.2) is 44.4 Å². The van der Waals surface area contributed by atoms with Gasteiger partial charge in [-0.1, -0.05) is 20.8 Å². The molecule has 3 unspecified atom stereocenters. The average molecular weight is 464 g/mol. The first-order valence-corrected chi connectivity index (χ1v) is 12.1. The second kappa shape index (κ2) is 10.2. The van der Waals surface area contributed by atoms with Gasteiger partial charge < -0.3 is 16.4 Å². The summed E-state index contributed by atoms with van der Waals surface area (Å²) < 4.78 is 1.52. The number of aldehydes is 1. The molecule has 3 aromatic heterocycles. The maximum absolute atomic E-state index is 12.0. The van der Waals surface area contributed by atoms with E-state index >= 15 is 0 Å². The quantitative estimate of drug-likeness (QED) is 0.455. The van der Waals surface area contributed by atoms with Crippen LogP contribution in [-0.2, 0) is 4.79 Å². The van der Waals surface area contributed by atoms with Crippen LogP contribution in [0, 0.1) is 5.92 Å². The van der Waals surface area contributed by atoms with Crippen molar-refractivity contribution in [2.45, 2.75) is 70.9 Å². The number of rotatable bonds is 7. The number of nitrogens with one attached hydrogen (secondary N) is 2. The van der Waals surface area contributed by atoms with Gasteiger partial charge in [0.1, 0.15) is 11.6 Å². The molecule has 3 heterocycles. The molecule has 0 spiro atoms. The Kier molecular flexibility index (Phi) is 7.09. The van der Waals surface area contributed by atoms with E-state index in [2.05, 4.69) is 27.6 Å². The summed E-state index contributed by atoms with van der Waals surface area (Å²) in [5.41, 5.74) is 9.72. The molecule has 0 saturated heterocycles. The standard InChI is InChI=1S/C23H27N7O2.C2H6/c1-13-6-15(8-17(7-13)26-12-32)21-19(11-31)22(24)30-23(29-21)18(10-27-30)14-2-5-20(25-9-14)28-16-3-4-16;1-2/h2,5,9-13,15-17H,3-4,6-8,24H2,1H3,(H,25,28)(H,26,32);1-2H3. The highest BCUT2D eigenvalue weighted by Gasteiger charge is 2.31. The molecule has 3 aromatic rings. The number of carbonyl (C=O) groups is 2.